The fourth-order valence-corrected chi connectivity index (χ4v) is 3.09. The maximum Gasteiger partial charge on any atom is 0.336 e. The van der Waals surface area contributed by atoms with Crippen LogP contribution in [-0.4, -0.2) is 16.1 Å². The summed E-state index contributed by atoms with van der Waals surface area (Å²) < 4.78 is 0. The van der Waals surface area contributed by atoms with Gasteiger partial charge in [-0.3, -0.25) is 0 Å². The summed E-state index contributed by atoms with van der Waals surface area (Å²) in [6.45, 7) is 2.05. The molecule has 3 nitrogen and oxygen atoms in total. The minimum atomic E-state index is -0.929. The normalized spacial score (nSPS) is 10.7. The molecule has 0 saturated heterocycles. The summed E-state index contributed by atoms with van der Waals surface area (Å²) in [6.07, 6.45) is 0. The molecule has 0 unspecified atom stereocenters. The number of rotatable bonds is 3. The van der Waals surface area contributed by atoms with Gasteiger partial charge in [-0.15, -0.1) is 0 Å². The molecule has 0 aliphatic heterocycles. The number of carboxylic acid groups (broad SMARTS) is 1. The molecule has 0 saturated carbocycles. The van der Waals surface area contributed by atoms with E-state index < -0.39 is 5.97 Å². The quantitative estimate of drug-likeness (QED) is 0.778. The van der Waals surface area contributed by atoms with Crippen molar-refractivity contribution in [2.75, 3.05) is 0 Å². The van der Waals surface area contributed by atoms with Crippen LogP contribution in [-0.2, 0) is 0 Å². The molecule has 0 amide bonds. The molecule has 3 aromatic rings. The number of pyridine rings is 1. The van der Waals surface area contributed by atoms with Gasteiger partial charge in [-0.25, -0.2) is 9.78 Å². The number of hydrogen-bond acceptors (Lipinski definition) is 3. The summed E-state index contributed by atoms with van der Waals surface area (Å²) in [5.74, 6) is -0.929. The van der Waals surface area contributed by atoms with Crippen molar-refractivity contribution >= 4 is 28.6 Å². The number of carbonyl (C=O) groups is 1. The number of fused-ring (bicyclic) bond motifs is 1. The third kappa shape index (κ3) is 2.90. The fraction of sp³-hybridized carbons (Fsp3) is 0.0588. The Morgan fingerprint density at radius 3 is 2.67 bits per heavy atom. The van der Waals surface area contributed by atoms with Crippen molar-refractivity contribution in [3.05, 3.63) is 65.7 Å². The van der Waals surface area contributed by atoms with Gasteiger partial charge in [0.2, 0.25) is 0 Å². The first kappa shape index (κ1) is 13.6. The van der Waals surface area contributed by atoms with Gasteiger partial charge in [0.1, 0.15) is 5.03 Å². The van der Waals surface area contributed by atoms with E-state index in [1.807, 2.05) is 30.3 Å². The Morgan fingerprint density at radius 2 is 1.90 bits per heavy atom. The molecule has 2 aromatic carbocycles. The predicted octanol–water partition coefficient (Wildman–Crippen LogP) is 4.39. The van der Waals surface area contributed by atoms with E-state index >= 15 is 0 Å². The fourth-order valence-electron chi connectivity index (χ4n) is 2.18. The van der Waals surface area contributed by atoms with E-state index in [2.05, 4.69) is 24.0 Å². The molecular formula is C17H13NO2S. The maximum absolute atomic E-state index is 11.2. The van der Waals surface area contributed by atoms with E-state index in [0.717, 1.165) is 9.92 Å². The second kappa shape index (κ2) is 5.58. The highest BCUT2D eigenvalue weighted by Crippen LogP contribution is 2.29. The maximum atomic E-state index is 11.2. The van der Waals surface area contributed by atoms with Gasteiger partial charge in [0, 0.05) is 10.3 Å². The Balaban J connectivity index is 2.00. The molecule has 1 aromatic heterocycles. The van der Waals surface area contributed by atoms with Crippen LogP contribution in [0.15, 0.2) is 64.5 Å². The Labute approximate surface area is 126 Å². The second-order valence-electron chi connectivity index (χ2n) is 4.75. The van der Waals surface area contributed by atoms with Crippen molar-refractivity contribution in [2.45, 2.75) is 16.8 Å². The van der Waals surface area contributed by atoms with E-state index in [1.165, 1.54) is 5.56 Å². The van der Waals surface area contributed by atoms with Gasteiger partial charge in [-0.1, -0.05) is 35.5 Å². The van der Waals surface area contributed by atoms with E-state index in [0.29, 0.717) is 10.9 Å². The van der Waals surface area contributed by atoms with Crippen molar-refractivity contribution < 1.29 is 9.90 Å². The lowest BCUT2D eigenvalue weighted by molar-refractivity contribution is 0.0699. The number of hydrogen-bond donors (Lipinski definition) is 1. The Hall–Kier alpha value is -2.33. The lowest BCUT2D eigenvalue weighted by Gasteiger charge is -2.05. The van der Waals surface area contributed by atoms with Crippen molar-refractivity contribution in [1.29, 1.82) is 0 Å². The molecular weight excluding hydrogens is 282 g/mol. The molecule has 0 aliphatic rings. The minimum Gasteiger partial charge on any atom is -0.478 e. The number of aromatic nitrogens is 1. The minimum absolute atomic E-state index is 0.284. The van der Waals surface area contributed by atoms with Crippen LogP contribution in [0.3, 0.4) is 0 Å². The Kier molecular flexibility index (Phi) is 3.62. The van der Waals surface area contributed by atoms with Gasteiger partial charge < -0.3 is 5.11 Å². The van der Waals surface area contributed by atoms with Gasteiger partial charge in [-0.2, -0.15) is 0 Å². The zero-order chi connectivity index (χ0) is 14.8. The third-order valence-electron chi connectivity index (χ3n) is 3.15. The van der Waals surface area contributed by atoms with Crippen LogP contribution in [0.5, 0.6) is 0 Å². The monoisotopic (exact) mass is 295 g/mol. The van der Waals surface area contributed by atoms with Crippen LogP contribution in [0.25, 0.3) is 10.9 Å². The molecule has 1 N–H and O–H groups in total. The van der Waals surface area contributed by atoms with E-state index in [1.54, 1.807) is 23.9 Å². The Bertz CT molecular complexity index is 830. The van der Waals surface area contributed by atoms with Gasteiger partial charge in [0.05, 0.1) is 11.1 Å². The van der Waals surface area contributed by atoms with Crippen molar-refractivity contribution in [2.24, 2.45) is 0 Å². The standard InChI is InChI=1S/C17H13NO2S/c1-11-4-2-5-12(10-11)21-16-9-8-13-14(17(19)20)6-3-7-15(13)18-16/h2-10H,1H3,(H,19,20). The predicted molar refractivity (Wildman–Crippen MR) is 84.0 cm³/mol. The summed E-state index contributed by atoms with van der Waals surface area (Å²) in [5.41, 5.74) is 2.19. The highest BCUT2D eigenvalue weighted by atomic mass is 32.2. The third-order valence-corrected chi connectivity index (χ3v) is 4.07. The zero-order valence-corrected chi connectivity index (χ0v) is 12.2. The number of nitrogens with zero attached hydrogens (tertiary/aromatic N) is 1. The number of aromatic carboxylic acids is 1. The van der Waals surface area contributed by atoms with E-state index in [4.69, 9.17) is 0 Å². The number of aryl methyl sites for hydroxylation is 1. The van der Waals surface area contributed by atoms with Crippen LogP contribution < -0.4 is 0 Å². The molecule has 0 aliphatic carbocycles. The van der Waals surface area contributed by atoms with Crippen LogP contribution in [0.4, 0.5) is 0 Å². The first-order valence-electron chi connectivity index (χ1n) is 6.51. The van der Waals surface area contributed by atoms with Gasteiger partial charge in [-0.05, 0) is 43.3 Å². The molecule has 104 valence electrons. The smallest absolute Gasteiger partial charge is 0.336 e. The van der Waals surface area contributed by atoms with Gasteiger partial charge in [0.15, 0.2) is 0 Å². The molecule has 21 heavy (non-hydrogen) atoms. The molecule has 0 bridgehead atoms. The summed E-state index contributed by atoms with van der Waals surface area (Å²) in [4.78, 5) is 16.9. The van der Waals surface area contributed by atoms with Crippen LogP contribution >= 0.6 is 11.8 Å². The van der Waals surface area contributed by atoms with Crippen molar-refractivity contribution in [3.8, 4) is 0 Å². The summed E-state index contributed by atoms with van der Waals surface area (Å²) in [7, 11) is 0. The average molecular weight is 295 g/mol. The number of carboxylic acids is 1. The molecule has 0 radical (unpaired) electrons. The first-order valence-corrected chi connectivity index (χ1v) is 7.33. The molecule has 0 atom stereocenters. The van der Waals surface area contributed by atoms with Crippen molar-refractivity contribution in [1.82, 2.24) is 4.98 Å². The van der Waals surface area contributed by atoms with Gasteiger partial charge >= 0.3 is 5.97 Å². The summed E-state index contributed by atoms with van der Waals surface area (Å²) >= 11 is 1.57. The van der Waals surface area contributed by atoms with Crippen LogP contribution in [0.2, 0.25) is 0 Å². The second-order valence-corrected chi connectivity index (χ2v) is 5.84. The number of benzene rings is 2. The lowest BCUT2D eigenvalue weighted by atomic mass is 10.1. The molecule has 3 rings (SSSR count). The largest absolute Gasteiger partial charge is 0.478 e. The van der Waals surface area contributed by atoms with Crippen LogP contribution in [0, 0.1) is 6.92 Å². The Morgan fingerprint density at radius 1 is 1.10 bits per heavy atom. The molecule has 1 heterocycles. The highest BCUT2D eigenvalue weighted by molar-refractivity contribution is 7.99. The average Bonchev–Trinajstić information content (AvgIpc) is 2.46. The SMILES string of the molecule is Cc1cccc(Sc2ccc3c(C(=O)O)cccc3n2)c1. The van der Waals surface area contributed by atoms with E-state index in [-0.39, 0.29) is 5.56 Å². The first-order chi connectivity index (χ1) is 10.1. The molecule has 0 spiro atoms. The summed E-state index contributed by atoms with van der Waals surface area (Å²) in [6, 6.07) is 17.0. The van der Waals surface area contributed by atoms with Crippen LogP contribution in [0.1, 0.15) is 15.9 Å². The van der Waals surface area contributed by atoms with E-state index in [9.17, 15) is 9.90 Å². The molecule has 0 fully saturated rings. The van der Waals surface area contributed by atoms with Gasteiger partial charge in [0.25, 0.3) is 0 Å². The van der Waals surface area contributed by atoms with Crippen molar-refractivity contribution in [3.63, 3.8) is 0 Å². The topological polar surface area (TPSA) is 50.2 Å². The zero-order valence-electron chi connectivity index (χ0n) is 11.4. The summed E-state index contributed by atoms with van der Waals surface area (Å²) in [5, 5.41) is 10.7. The lowest BCUT2D eigenvalue weighted by Crippen LogP contribution is -1.97. The highest BCUT2D eigenvalue weighted by Gasteiger charge is 2.09. The molecule has 4 heteroatoms.